The summed E-state index contributed by atoms with van der Waals surface area (Å²) in [7, 11) is 0. The van der Waals surface area contributed by atoms with E-state index >= 15 is 0 Å². The van der Waals surface area contributed by atoms with Gasteiger partial charge >= 0.3 is 0 Å². The van der Waals surface area contributed by atoms with Crippen LogP contribution in [0.15, 0.2) is 72.0 Å². The first-order valence-electron chi connectivity index (χ1n) is 9.54. The second-order valence-electron chi connectivity index (χ2n) is 7.56. The van der Waals surface area contributed by atoms with Crippen LogP contribution in [0.4, 0.5) is 10.1 Å². The average Bonchev–Trinajstić information content (AvgIpc) is 3.31. The van der Waals surface area contributed by atoms with E-state index in [0.29, 0.717) is 16.8 Å². The van der Waals surface area contributed by atoms with Crippen LogP contribution in [-0.2, 0) is 20.7 Å². The molecule has 2 aromatic rings. The number of nitrogens with one attached hydrogen (secondary N) is 1. The molecular formula is C23H19FN2O3. The topological polar surface area (TPSA) is 58.6 Å². The van der Waals surface area contributed by atoms with Crippen molar-refractivity contribution in [3.63, 3.8) is 0 Å². The van der Waals surface area contributed by atoms with E-state index in [-0.39, 0.29) is 29.6 Å². The maximum absolute atomic E-state index is 13.3. The highest BCUT2D eigenvalue weighted by Crippen LogP contribution is 2.44. The molecule has 5 rings (SSSR count). The van der Waals surface area contributed by atoms with E-state index in [4.69, 9.17) is 4.74 Å². The van der Waals surface area contributed by atoms with E-state index < -0.39 is 6.23 Å². The molecule has 1 aliphatic carbocycles. The Balaban J connectivity index is 1.41. The summed E-state index contributed by atoms with van der Waals surface area (Å²) in [6.45, 7) is 1.71. The van der Waals surface area contributed by atoms with Crippen LogP contribution in [0.5, 0.6) is 0 Å². The molecule has 1 N–H and O–H groups in total. The molecule has 2 heterocycles. The van der Waals surface area contributed by atoms with Crippen LogP contribution in [0.3, 0.4) is 0 Å². The van der Waals surface area contributed by atoms with Crippen molar-refractivity contribution in [2.24, 2.45) is 5.92 Å². The SMILES string of the molecule is CC1=CC(OC=C2C(=O)NC3c4ccccc4CC23)N(c2ccc(F)cc2)C1=O. The molecular weight excluding hydrogens is 371 g/mol. The summed E-state index contributed by atoms with van der Waals surface area (Å²) >= 11 is 0. The summed E-state index contributed by atoms with van der Waals surface area (Å²) in [5.41, 5.74) is 4.03. The van der Waals surface area contributed by atoms with Crippen molar-refractivity contribution in [2.75, 3.05) is 4.90 Å². The number of amides is 2. The second-order valence-corrected chi connectivity index (χ2v) is 7.56. The van der Waals surface area contributed by atoms with Crippen LogP contribution in [0.1, 0.15) is 24.1 Å². The Morgan fingerprint density at radius 2 is 1.90 bits per heavy atom. The highest BCUT2D eigenvalue weighted by Gasteiger charge is 2.44. The lowest BCUT2D eigenvalue weighted by molar-refractivity contribution is -0.116. The predicted molar refractivity (Wildman–Crippen MR) is 105 cm³/mol. The van der Waals surface area contributed by atoms with E-state index in [1.807, 2.05) is 18.2 Å². The Labute approximate surface area is 167 Å². The van der Waals surface area contributed by atoms with E-state index in [9.17, 15) is 14.0 Å². The minimum absolute atomic E-state index is 0.0151. The maximum Gasteiger partial charge on any atom is 0.257 e. The summed E-state index contributed by atoms with van der Waals surface area (Å²) in [6.07, 6.45) is 3.28. The summed E-state index contributed by atoms with van der Waals surface area (Å²) in [4.78, 5) is 26.6. The Hall–Kier alpha value is -3.41. The van der Waals surface area contributed by atoms with Gasteiger partial charge in [0, 0.05) is 17.2 Å². The number of hydrogen-bond acceptors (Lipinski definition) is 3. The van der Waals surface area contributed by atoms with Gasteiger partial charge in [0.15, 0.2) is 6.23 Å². The van der Waals surface area contributed by atoms with Crippen LogP contribution < -0.4 is 10.2 Å². The number of anilines is 1. The van der Waals surface area contributed by atoms with E-state index in [0.717, 1.165) is 12.0 Å². The Morgan fingerprint density at radius 1 is 1.14 bits per heavy atom. The molecule has 0 saturated carbocycles. The number of halogens is 1. The van der Waals surface area contributed by atoms with Crippen molar-refractivity contribution in [2.45, 2.75) is 25.6 Å². The molecule has 5 nitrogen and oxygen atoms in total. The number of carbonyl (C=O) groups is 2. The molecule has 3 unspecified atom stereocenters. The molecule has 2 aromatic carbocycles. The van der Waals surface area contributed by atoms with E-state index in [1.54, 1.807) is 13.0 Å². The highest BCUT2D eigenvalue weighted by atomic mass is 19.1. The molecule has 146 valence electrons. The quantitative estimate of drug-likeness (QED) is 0.646. The van der Waals surface area contributed by atoms with Gasteiger partial charge in [0.1, 0.15) is 5.82 Å². The fraction of sp³-hybridized carbons (Fsp3) is 0.217. The van der Waals surface area contributed by atoms with Crippen LogP contribution >= 0.6 is 0 Å². The molecule has 0 aromatic heterocycles. The molecule has 0 bridgehead atoms. The second kappa shape index (κ2) is 6.58. The first-order valence-corrected chi connectivity index (χ1v) is 9.54. The minimum atomic E-state index is -0.684. The van der Waals surface area contributed by atoms with Crippen LogP contribution in [0, 0.1) is 11.7 Å². The van der Waals surface area contributed by atoms with Gasteiger partial charge < -0.3 is 10.1 Å². The van der Waals surface area contributed by atoms with Crippen molar-refractivity contribution in [3.05, 3.63) is 89.0 Å². The minimum Gasteiger partial charge on any atom is -0.474 e. The molecule has 3 aliphatic rings. The van der Waals surface area contributed by atoms with E-state index in [1.165, 1.54) is 41.0 Å². The van der Waals surface area contributed by atoms with Crippen LogP contribution in [0.2, 0.25) is 0 Å². The zero-order valence-electron chi connectivity index (χ0n) is 15.8. The third-order valence-electron chi connectivity index (χ3n) is 5.82. The normalized spacial score (nSPS) is 26.4. The predicted octanol–water partition coefficient (Wildman–Crippen LogP) is 3.39. The molecule has 0 spiro atoms. The van der Waals surface area contributed by atoms with Crippen LogP contribution in [0.25, 0.3) is 0 Å². The fourth-order valence-corrected chi connectivity index (χ4v) is 4.37. The lowest BCUT2D eigenvalue weighted by Gasteiger charge is -2.24. The van der Waals surface area contributed by atoms with Gasteiger partial charge in [-0.3, -0.25) is 14.5 Å². The molecule has 2 amide bonds. The highest BCUT2D eigenvalue weighted by molar-refractivity contribution is 6.08. The zero-order valence-corrected chi connectivity index (χ0v) is 15.8. The van der Waals surface area contributed by atoms with Crippen molar-refractivity contribution >= 4 is 17.5 Å². The van der Waals surface area contributed by atoms with Crippen molar-refractivity contribution < 1.29 is 18.7 Å². The average molecular weight is 390 g/mol. The monoisotopic (exact) mass is 390 g/mol. The van der Waals surface area contributed by atoms with Gasteiger partial charge in [-0.1, -0.05) is 24.3 Å². The Morgan fingerprint density at radius 3 is 2.69 bits per heavy atom. The van der Waals surface area contributed by atoms with Gasteiger partial charge in [-0.05, 0) is 54.8 Å². The number of ether oxygens (including phenoxy) is 1. The van der Waals surface area contributed by atoms with Crippen molar-refractivity contribution in [1.82, 2.24) is 5.32 Å². The van der Waals surface area contributed by atoms with Crippen LogP contribution in [-0.4, -0.2) is 18.0 Å². The van der Waals surface area contributed by atoms with Crippen molar-refractivity contribution in [3.8, 4) is 0 Å². The lowest BCUT2D eigenvalue weighted by Crippen LogP contribution is -2.35. The van der Waals surface area contributed by atoms with Gasteiger partial charge in [0.05, 0.1) is 17.9 Å². The first-order chi connectivity index (χ1) is 14.0. The number of nitrogens with zero attached hydrogens (tertiary/aromatic N) is 1. The number of hydrogen-bond donors (Lipinski definition) is 1. The summed E-state index contributed by atoms with van der Waals surface area (Å²) < 4.78 is 19.2. The molecule has 1 fully saturated rings. The number of benzene rings is 2. The third kappa shape index (κ3) is 2.83. The number of fused-ring (bicyclic) bond motifs is 3. The molecule has 0 radical (unpaired) electrons. The van der Waals surface area contributed by atoms with Gasteiger partial charge in [-0.25, -0.2) is 4.39 Å². The van der Waals surface area contributed by atoms with E-state index in [2.05, 4.69) is 11.4 Å². The summed E-state index contributed by atoms with van der Waals surface area (Å²) in [6, 6.07) is 13.7. The Bertz CT molecular complexity index is 1070. The van der Waals surface area contributed by atoms with Gasteiger partial charge in [-0.2, -0.15) is 0 Å². The molecule has 3 atom stereocenters. The molecule has 6 heteroatoms. The Kier molecular flexibility index (Phi) is 4.01. The lowest BCUT2D eigenvalue weighted by atomic mass is 9.97. The third-order valence-corrected chi connectivity index (χ3v) is 5.82. The molecule has 2 aliphatic heterocycles. The van der Waals surface area contributed by atoms with Gasteiger partial charge in [-0.15, -0.1) is 0 Å². The number of rotatable bonds is 3. The first kappa shape index (κ1) is 17.7. The molecule has 1 saturated heterocycles. The summed E-state index contributed by atoms with van der Waals surface area (Å²) in [5.74, 6) is -0.713. The number of carbonyl (C=O) groups excluding carboxylic acids is 2. The van der Waals surface area contributed by atoms with Gasteiger partial charge in [0.2, 0.25) is 0 Å². The molecule has 29 heavy (non-hydrogen) atoms. The fourth-order valence-electron chi connectivity index (χ4n) is 4.37. The smallest absolute Gasteiger partial charge is 0.257 e. The van der Waals surface area contributed by atoms with Gasteiger partial charge in [0.25, 0.3) is 11.8 Å². The van der Waals surface area contributed by atoms with Crippen molar-refractivity contribution in [1.29, 1.82) is 0 Å². The zero-order chi connectivity index (χ0) is 20.1. The maximum atomic E-state index is 13.3. The standard InChI is InChI=1S/C23H19FN2O3/c1-13-10-20(26(23(13)28)16-8-6-15(24)7-9-16)29-12-19-18-11-14-4-2-3-5-17(14)21(18)25-22(19)27/h2-10,12,18,20-21H,11H2,1H3,(H,25,27). The largest absolute Gasteiger partial charge is 0.474 e. The summed E-state index contributed by atoms with van der Waals surface area (Å²) in [5, 5.41) is 3.04.